The van der Waals surface area contributed by atoms with Crippen molar-refractivity contribution >= 4 is 11.8 Å². The summed E-state index contributed by atoms with van der Waals surface area (Å²) in [4.78, 5) is 21.5. The molecule has 0 spiro atoms. The molecule has 0 unspecified atom stereocenters. The number of anilines is 1. The van der Waals surface area contributed by atoms with Gasteiger partial charge in [-0.05, 0) is 56.5 Å². The first kappa shape index (κ1) is 22.1. The summed E-state index contributed by atoms with van der Waals surface area (Å²) < 4.78 is 11.1. The molecule has 0 aliphatic carbocycles. The molecule has 6 nitrogen and oxygen atoms in total. The molecule has 162 valence electrons. The molecule has 1 fully saturated rings. The van der Waals surface area contributed by atoms with Gasteiger partial charge in [-0.2, -0.15) is 0 Å². The fourth-order valence-electron chi connectivity index (χ4n) is 3.73. The predicted octanol–water partition coefficient (Wildman–Crippen LogP) is 4.15. The molecule has 1 aromatic carbocycles. The van der Waals surface area contributed by atoms with Crippen LogP contribution in [0.3, 0.4) is 0 Å². The largest absolute Gasteiger partial charge is 0.494 e. The number of hydrogen-bond acceptors (Lipinski definition) is 6. The number of likely N-dealkylation sites (tertiary alicyclic amines) is 1. The molecule has 1 saturated heterocycles. The normalized spacial score (nSPS) is 16.6. The van der Waals surface area contributed by atoms with E-state index in [9.17, 15) is 4.79 Å². The fourth-order valence-corrected chi connectivity index (χ4v) is 3.73. The molecule has 0 saturated carbocycles. The van der Waals surface area contributed by atoms with Crippen LogP contribution in [-0.2, 0) is 11.3 Å². The van der Waals surface area contributed by atoms with Crippen LogP contribution in [0, 0.1) is 0 Å². The minimum Gasteiger partial charge on any atom is -0.494 e. The molecule has 3 rings (SSSR count). The lowest BCUT2D eigenvalue weighted by atomic mass is 10.2. The first-order valence-electron chi connectivity index (χ1n) is 10.8. The smallest absolute Gasteiger partial charge is 0.342 e. The number of likely N-dealkylation sites (N-methyl/N-ethyl adjacent to an activating group) is 1. The van der Waals surface area contributed by atoms with Crippen LogP contribution in [0.1, 0.15) is 49.5 Å². The van der Waals surface area contributed by atoms with E-state index in [0.29, 0.717) is 17.4 Å². The summed E-state index contributed by atoms with van der Waals surface area (Å²) in [7, 11) is 2.02. The van der Waals surface area contributed by atoms with Gasteiger partial charge in [-0.15, -0.1) is 0 Å². The van der Waals surface area contributed by atoms with Crippen molar-refractivity contribution in [2.45, 2.75) is 52.3 Å². The van der Waals surface area contributed by atoms with E-state index >= 15 is 0 Å². The number of rotatable bonds is 9. The number of benzene rings is 1. The van der Waals surface area contributed by atoms with Gasteiger partial charge in [0.15, 0.2) is 0 Å². The molecule has 1 aliphatic rings. The number of hydrogen-bond donors (Lipinski definition) is 0. The minimum absolute atomic E-state index is 0.156. The Balaban J connectivity index is 1.61. The second-order valence-electron chi connectivity index (χ2n) is 8.11. The summed E-state index contributed by atoms with van der Waals surface area (Å²) in [6.45, 7) is 9.42. The zero-order chi connectivity index (χ0) is 21.5. The Morgan fingerprint density at radius 3 is 2.73 bits per heavy atom. The average Bonchev–Trinajstić information content (AvgIpc) is 3.20. The van der Waals surface area contributed by atoms with E-state index in [1.807, 2.05) is 33.0 Å². The van der Waals surface area contributed by atoms with Crippen molar-refractivity contribution in [3.05, 3.63) is 53.7 Å². The highest BCUT2D eigenvalue weighted by Gasteiger charge is 2.29. The van der Waals surface area contributed by atoms with Crippen molar-refractivity contribution in [2.75, 3.05) is 31.6 Å². The van der Waals surface area contributed by atoms with E-state index in [-0.39, 0.29) is 12.1 Å². The highest BCUT2D eigenvalue weighted by atomic mass is 16.5. The SMILES string of the molecule is CCCOc1ccc(CN2CC[C@H](N(C)c3ncccc3C(=O)OC(C)C)C2)cc1. The third-order valence-electron chi connectivity index (χ3n) is 5.28. The molecule has 30 heavy (non-hydrogen) atoms. The fraction of sp³-hybridized carbons (Fsp3) is 0.500. The number of carbonyl (C=O) groups is 1. The second-order valence-corrected chi connectivity index (χ2v) is 8.11. The third-order valence-corrected chi connectivity index (χ3v) is 5.28. The van der Waals surface area contributed by atoms with Gasteiger partial charge in [0.1, 0.15) is 17.1 Å². The van der Waals surface area contributed by atoms with Gasteiger partial charge in [-0.25, -0.2) is 9.78 Å². The van der Waals surface area contributed by atoms with Crippen LogP contribution < -0.4 is 9.64 Å². The number of aromatic nitrogens is 1. The van der Waals surface area contributed by atoms with Gasteiger partial charge >= 0.3 is 5.97 Å². The topological polar surface area (TPSA) is 54.9 Å². The first-order chi connectivity index (χ1) is 14.5. The van der Waals surface area contributed by atoms with Gasteiger partial charge in [0, 0.05) is 38.9 Å². The number of ether oxygens (including phenoxy) is 2. The summed E-state index contributed by atoms with van der Waals surface area (Å²) in [5.41, 5.74) is 1.80. The standard InChI is InChI=1S/C24H33N3O3/c1-5-15-29-21-10-8-19(9-11-21)16-27-14-12-20(17-27)26(4)23-22(7-6-13-25-23)24(28)30-18(2)3/h6-11,13,18,20H,5,12,14-17H2,1-4H3/t20-/m0/s1. The van der Waals surface area contributed by atoms with Crippen LogP contribution >= 0.6 is 0 Å². The third kappa shape index (κ3) is 5.72. The van der Waals surface area contributed by atoms with Crippen molar-refractivity contribution in [1.29, 1.82) is 0 Å². The summed E-state index contributed by atoms with van der Waals surface area (Å²) in [6, 6.07) is 12.2. The van der Waals surface area contributed by atoms with Gasteiger partial charge in [-0.3, -0.25) is 4.90 Å². The van der Waals surface area contributed by atoms with Gasteiger partial charge in [0.25, 0.3) is 0 Å². The van der Waals surface area contributed by atoms with E-state index in [1.165, 1.54) is 5.56 Å². The van der Waals surface area contributed by atoms with Crippen LogP contribution in [0.4, 0.5) is 5.82 Å². The Hall–Kier alpha value is -2.60. The molecule has 1 aromatic heterocycles. The van der Waals surface area contributed by atoms with Gasteiger partial charge in [-0.1, -0.05) is 19.1 Å². The quantitative estimate of drug-likeness (QED) is 0.578. The molecule has 6 heteroatoms. The van der Waals surface area contributed by atoms with Crippen LogP contribution in [0.15, 0.2) is 42.6 Å². The number of pyridine rings is 1. The predicted molar refractivity (Wildman–Crippen MR) is 119 cm³/mol. The Kier molecular flexibility index (Phi) is 7.69. The van der Waals surface area contributed by atoms with E-state index in [4.69, 9.17) is 9.47 Å². The summed E-state index contributed by atoms with van der Waals surface area (Å²) >= 11 is 0. The minimum atomic E-state index is -0.319. The molecular formula is C24H33N3O3. The number of nitrogens with zero attached hydrogens (tertiary/aromatic N) is 3. The molecule has 2 aromatic rings. The maximum absolute atomic E-state index is 12.5. The first-order valence-corrected chi connectivity index (χ1v) is 10.8. The highest BCUT2D eigenvalue weighted by molar-refractivity contribution is 5.94. The number of carbonyl (C=O) groups excluding carboxylic acids is 1. The van der Waals surface area contributed by atoms with Crippen molar-refractivity contribution in [2.24, 2.45) is 0 Å². The van der Waals surface area contributed by atoms with E-state index in [0.717, 1.165) is 44.8 Å². The summed E-state index contributed by atoms with van der Waals surface area (Å²) in [5.74, 6) is 1.29. The van der Waals surface area contributed by atoms with E-state index < -0.39 is 0 Å². The zero-order valence-corrected chi connectivity index (χ0v) is 18.5. The van der Waals surface area contributed by atoms with Crippen molar-refractivity contribution in [1.82, 2.24) is 9.88 Å². The Labute approximate surface area is 179 Å². The molecule has 0 bridgehead atoms. The lowest BCUT2D eigenvalue weighted by Crippen LogP contribution is -2.36. The molecule has 0 amide bonds. The molecule has 0 radical (unpaired) electrons. The van der Waals surface area contributed by atoms with E-state index in [1.54, 1.807) is 18.3 Å². The van der Waals surface area contributed by atoms with Gasteiger partial charge in [0.2, 0.25) is 0 Å². The maximum Gasteiger partial charge on any atom is 0.342 e. The molecule has 1 atom stereocenters. The monoisotopic (exact) mass is 411 g/mol. The molecule has 2 heterocycles. The van der Waals surface area contributed by atoms with Gasteiger partial charge in [0.05, 0.1) is 12.7 Å². The van der Waals surface area contributed by atoms with Crippen LogP contribution in [0.2, 0.25) is 0 Å². The Bertz CT molecular complexity index is 823. The average molecular weight is 412 g/mol. The lowest BCUT2D eigenvalue weighted by molar-refractivity contribution is 0.0378. The molecule has 1 aliphatic heterocycles. The zero-order valence-electron chi connectivity index (χ0n) is 18.5. The lowest BCUT2D eigenvalue weighted by Gasteiger charge is -2.27. The number of esters is 1. The van der Waals surface area contributed by atoms with Crippen LogP contribution in [0.5, 0.6) is 5.75 Å². The van der Waals surface area contributed by atoms with Crippen molar-refractivity contribution < 1.29 is 14.3 Å². The van der Waals surface area contributed by atoms with Crippen molar-refractivity contribution in [3.8, 4) is 5.75 Å². The molecular weight excluding hydrogens is 378 g/mol. The van der Waals surface area contributed by atoms with Crippen molar-refractivity contribution in [3.63, 3.8) is 0 Å². The van der Waals surface area contributed by atoms with Gasteiger partial charge < -0.3 is 14.4 Å². The summed E-state index contributed by atoms with van der Waals surface area (Å²) in [6.07, 6.45) is 3.62. The van der Waals surface area contributed by atoms with E-state index in [2.05, 4.69) is 33.8 Å². The molecule has 0 N–H and O–H groups in total. The maximum atomic E-state index is 12.5. The second kappa shape index (κ2) is 10.4. The Morgan fingerprint density at radius 2 is 2.03 bits per heavy atom. The summed E-state index contributed by atoms with van der Waals surface area (Å²) in [5, 5.41) is 0. The Morgan fingerprint density at radius 1 is 1.27 bits per heavy atom. The van der Waals surface area contributed by atoms with Crippen LogP contribution in [0.25, 0.3) is 0 Å². The highest BCUT2D eigenvalue weighted by Crippen LogP contribution is 2.25. The van der Waals surface area contributed by atoms with Crippen LogP contribution in [-0.4, -0.2) is 54.7 Å².